The number of piperidine rings is 1. The number of carbonyl (C=O) groups excluding carboxylic acids is 4. The molecule has 2 fully saturated rings. The molecule has 5 heterocycles. The number of likely N-dealkylation sites (tertiary alicyclic amines) is 1. The second kappa shape index (κ2) is 28.2. The van der Waals surface area contributed by atoms with E-state index in [9.17, 15) is 29.5 Å². The van der Waals surface area contributed by atoms with Gasteiger partial charge in [-0.1, -0.05) is 36.3 Å². The van der Waals surface area contributed by atoms with Crippen LogP contribution in [-0.2, 0) is 28.5 Å². The number of terminal acetylenes is 1. The first-order chi connectivity index (χ1) is 34.2. The number of hydrogen-bond acceptors (Lipinski definition) is 16. The van der Waals surface area contributed by atoms with E-state index in [1.165, 1.54) is 35.4 Å². The minimum atomic E-state index is -0.743. The number of nitrogens with zero attached hydrogens (tertiary/aromatic N) is 8. The number of Topliss-reactive ketones (excluding diaryl/α,β-unsaturated/α-hetero) is 1. The van der Waals surface area contributed by atoms with Gasteiger partial charge in [-0.05, 0) is 36.8 Å². The molecule has 70 heavy (non-hydrogen) atoms. The van der Waals surface area contributed by atoms with Crippen LogP contribution >= 0.6 is 0 Å². The van der Waals surface area contributed by atoms with Crippen molar-refractivity contribution in [2.24, 2.45) is 0 Å². The number of benzene rings is 1. The number of aromatic nitrogens is 5. The van der Waals surface area contributed by atoms with Crippen LogP contribution in [0.5, 0.6) is 5.75 Å². The van der Waals surface area contributed by atoms with Gasteiger partial charge in [0.1, 0.15) is 18.7 Å². The van der Waals surface area contributed by atoms with Crippen LogP contribution in [0.25, 0.3) is 22.3 Å². The van der Waals surface area contributed by atoms with E-state index < -0.39 is 23.6 Å². The molecule has 21 nitrogen and oxygen atoms in total. The van der Waals surface area contributed by atoms with Crippen molar-refractivity contribution >= 4 is 40.0 Å². The minimum absolute atomic E-state index is 0.0618. The van der Waals surface area contributed by atoms with E-state index in [1.807, 2.05) is 30.3 Å². The topological polar surface area (TPSA) is 252 Å². The quantitative estimate of drug-likeness (QED) is 0.0208. The van der Waals surface area contributed by atoms with Crippen molar-refractivity contribution in [1.29, 1.82) is 5.26 Å². The third kappa shape index (κ3) is 15.2. The van der Waals surface area contributed by atoms with Crippen LogP contribution in [-0.4, -0.2) is 200 Å². The Balaban J connectivity index is 0.880. The van der Waals surface area contributed by atoms with E-state index in [2.05, 4.69) is 52.5 Å². The number of nitrogens with one attached hydrogen (secondary N) is 3. The molecule has 4 N–H and O–H groups in total. The summed E-state index contributed by atoms with van der Waals surface area (Å²) in [6.07, 6.45) is 11.4. The smallest absolute Gasteiger partial charge is 0.295 e. The summed E-state index contributed by atoms with van der Waals surface area (Å²) < 4.78 is 28.6. The highest BCUT2D eigenvalue weighted by molar-refractivity contribution is 6.45. The lowest BCUT2D eigenvalue weighted by Gasteiger charge is -2.34. The molecule has 0 unspecified atom stereocenters. The van der Waals surface area contributed by atoms with Crippen LogP contribution in [0.1, 0.15) is 58.6 Å². The number of aliphatic hydroxyl groups excluding tert-OH is 1. The van der Waals surface area contributed by atoms with E-state index in [0.29, 0.717) is 108 Å². The molecule has 2 saturated heterocycles. The van der Waals surface area contributed by atoms with Crippen molar-refractivity contribution < 1.29 is 48.0 Å². The minimum Gasteiger partial charge on any atom is -0.494 e. The molecule has 0 saturated carbocycles. The van der Waals surface area contributed by atoms with Gasteiger partial charge in [0, 0.05) is 71.5 Å². The monoisotopic (exact) mass is 965 g/mol. The Kier molecular flexibility index (Phi) is 21.3. The van der Waals surface area contributed by atoms with Gasteiger partial charge in [-0.3, -0.25) is 24.1 Å². The predicted molar refractivity (Wildman–Crippen MR) is 257 cm³/mol. The number of piperazine rings is 1. The molecule has 3 amide bonds. The Hall–Kier alpha value is -6.56. The van der Waals surface area contributed by atoms with Crippen molar-refractivity contribution in [3.05, 3.63) is 71.6 Å². The Labute approximate surface area is 407 Å². The van der Waals surface area contributed by atoms with Crippen molar-refractivity contribution in [2.45, 2.75) is 38.1 Å². The van der Waals surface area contributed by atoms with Crippen LogP contribution < -0.4 is 15.4 Å². The van der Waals surface area contributed by atoms with E-state index in [-0.39, 0.29) is 55.2 Å². The van der Waals surface area contributed by atoms with Crippen LogP contribution in [0.3, 0.4) is 0 Å². The number of allylic oxidation sites excluding steroid dienone is 1. The maximum absolute atomic E-state index is 13.8. The molecule has 0 aliphatic carbocycles. The molecule has 2 aliphatic rings. The van der Waals surface area contributed by atoms with Gasteiger partial charge in [-0.2, -0.15) is 9.94 Å². The number of rotatable bonds is 28. The molecular weight excluding hydrogens is 903 g/mol. The average Bonchev–Trinajstić information content (AvgIpc) is 4.08. The van der Waals surface area contributed by atoms with Gasteiger partial charge in [0.15, 0.2) is 5.82 Å². The van der Waals surface area contributed by atoms with Crippen LogP contribution in [0, 0.1) is 23.7 Å². The summed E-state index contributed by atoms with van der Waals surface area (Å²) in [6.45, 7) is 9.51. The number of amides is 3. The number of aromatic amines is 1. The molecule has 3 aromatic heterocycles. The molecule has 6 rings (SSSR count). The Morgan fingerprint density at radius 2 is 1.57 bits per heavy atom. The molecule has 21 heteroatoms. The zero-order valence-electron chi connectivity index (χ0n) is 39.7. The van der Waals surface area contributed by atoms with Crippen LogP contribution in [0.4, 0.5) is 0 Å². The summed E-state index contributed by atoms with van der Waals surface area (Å²) in [7, 11) is 1.42. The largest absolute Gasteiger partial charge is 0.494 e. The van der Waals surface area contributed by atoms with Gasteiger partial charge in [0.05, 0.1) is 100 Å². The van der Waals surface area contributed by atoms with E-state index >= 15 is 0 Å². The van der Waals surface area contributed by atoms with E-state index in [0.717, 1.165) is 43.9 Å². The molecular formula is C49H63N11O10. The summed E-state index contributed by atoms with van der Waals surface area (Å²) in [6, 6.07) is 11.1. The van der Waals surface area contributed by atoms with Crippen molar-refractivity contribution in [2.75, 3.05) is 125 Å². The van der Waals surface area contributed by atoms with Crippen molar-refractivity contribution in [3.8, 4) is 30.0 Å². The Morgan fingerprint density at radius 3 is 2.23 bits per heavy atom. The average molecular weight is 966 g/mol. The molecule has 374 valence electrons. The number of pyridine rings is 1. The second-order valence-corrected chi connectivity index (χ2v) is 16.6. The molecule has 0 bridgehead atoms. The van der Waals surface area contributed by atoms with Crippen molar-refractivity contribution in [3.63, 3.8) is 0 Å². The highest BCUT2D eigenvalue weighted by Gasteiger charge is 2.31. The number of aliphatic hydroxyl groups is 1. The summed E-state index contributed by atoms with van der Waals surface area (Å²) in [5.74, 6) is 0.542. The van der Waals surface area contributed by atoms with Gasteiger partial charge < -0.3 is 54.2 Å². The lowest BCUT2D eigenvalue weighted by Crippen LogP contribution is -2.48. The fourth-order valence-corrected chi connectivity index (χ4v) is 8.13. The third-order valence-corrected chi connectivity index (χ3v) is 12.0. The molecule has 1 aromatic carbocycles. The lowest BCUT2D eigenvalue weighted by atomic mass is 9.93. The van der Waals surface area contributed by atoms with Gasteiger partial charge in [0.25, 0.3) is 17.6 Å². The maximum atomic E-state index is 13.8. The summed E-state index contributed by atoms with van der Waals surface area (Å²) in [5, 5.41) is 30.2. The fourth-order valence-electron chi connectivity index (χ4n) is 8.13. The number of fused-ring (bicyclic) bond motifs is 1. The van der Waals surface area contributed by atoms with E-state index in [1.54, 1.807) is 0 Å². The Morgan fingerprint density at radius 1 is 0.900 bits per heavy atom. The first-order valence-corrected chi connectivity index (χ1v) is 23.6. The summed E-state index contributed by atoms with van der Waals surface area (Å²) in [4.78, 5) is 71.0. The molecule has 4 aromatic rings. The normalized spacial score (nSPS) is 14.7. The number of hydrogen-bond donors (Lipinski definition) is 4. The Bertz CT molecular complexity index is 2440. The predicted octanol–water partition coefficient (Wildman–Crippen LogP) is 1.63. The van der Waals surface area contributed by atoms with Gasteiger partial charge in [-0.25, -0.2) is 9.97 Å². The summed E-state index contributed by atoms with van der Waals surface area (Å²) >= 11 is 0. The maximum Gasteiger partial charge on any atom is 0.295 e. The zero-order valence-corrected chi connectivity index (χ0v) is 39.7. The molecule has 0 spiro atoms. The first-order valence-electron chi connectivity index (χ1n) is 23.6. The highest BCUT2D eigenvalue weighted by atomic mass is 16.6. The number of ether oxygens (including phenoxy) is 5. The second-order valence-electron chi connectivity index (χ2n) is 16.6. The first kappa shape index (κ1) is 52.8. The highest BCUT2D eigenvalue weighted by Crippen LogP contribution is 2.33. The number of carbonyl (C=O) groups is 4. The molecule has 0 radical (unpaired) electrons. The zero-order chi connectivity index (χ0) is 49.5. The van der Waals surface area contributed by atoms with Crippen LogP contribution in [0.2, 0.25) is 0 Å². The number of ketones is 1. The number of nitriles is 1. The van der Waals surface area contributed by atoms with Crippen LogP contribution in [0.15, 0.2) is 54.6 Å². The molecule has 1 atom stereocenters. The SMILES string of the molecule is C#CCOCCOCCOCCOCCN1CCN(CCC(=O)NCCC[C@@H](CO)NC(=O)c2ncn(-c3ncc(OC)c4c(C(=O)C(=O)N5CCC(=C(C#N)c6ccccc6)CC5)c[nH]c34)n2)CC1. The summed E-state index contributed by atoms with van der Waals surface area (Å²) in [5.41, 5.74) is 2.75. The number of H-pyrrole nitrogens is 1. The fraction of sp³-hybridized carbons (Fsp3) is 0.510. The van der Waals surface area contributed by atoms with Gasteiger partial charge >= 0.3 is 0 Å². The number of methoxy groups -OCH3 is 1. The third-order valence-electron chi connectivity index (χ3n) is 12.0. The van der Waals surface area contributed by atoms with Gasteiger partial charge in [0.2, 0.25) is 11.7 Å². The van der Waals surface area contributed by atoms with Gasteiger partial charge in [-0.15, -0.1) is 11.5 Å². The van der Waals surface area contributed by atoms with E-state index in [4.69, 9.17) is 30.1 Å². The molecule has 2 aliphatic heterocycles. The lowest BCUT2D eigenvalue weighted by molar-refractivity contribution is -0.126. The van der Waals surface area contributed by atoms with Crippen molar-refractivity contribution in [1.82, 2.24) is 50.1 Å². The standard InChI is InChI=1S/C49H63N11O10/c1-3-23-67-25-27-69-29-30-70-28-26-68-24-22-58-20-18-57(19-21-58)15-13-42(62)51-14-7-10-38(34-61)55-48(64)46-54-35-60(56-46)47-44-43(41(66-2)33-53-47)40(32-52-44)45(63)49(65)59-16-11-37(12-17-59)39(31-50)36-8-5-4-6-9-36/h1,4-6,8-9,32-33,35,38,52,61H,7,10-30,34H2,2H3,(H,51,62)(H,55,64)/t38-/m0/s1.